The second-order valence-corrected chi connectivity index (χ2v) is 5.62. The smallest absolute Gasteiger partial charge is 0.124 e. The summed E-state index contributed by atoms with van der Waals surface area (Å²) in [6.45, 7) is 4.38. The molecule has 0 bridgehead atoms. The van der Waals surface area contributed by atoms with E-state index in [4.69, 9.17) is 0 Å². The number of rotatable bonds is 2. The average Bonchev–Trinajstić information content (AvgIpc) is 2.67. The topological polar surface area (TPSA) is 12.9 Å². The lowest BCUT2D eigenvalue weighted by atomic mass is 10.2. The number of hydrogen-bond donors (Lipinski definition) is 0. The summed E-state index contributed by atoms with van der Waals surface area (Å²) < 4.78 is 1.11. The fourth-order valence-corrected chi connectivity index (χ4v) is 2.87. The van der Waals surface area contributed by atoms with E-state index in [-0.39, 0.29) is 0 Å². The van der Waals surface area contributed by atoms with E-state index in [0.29, 0.717) is 5.92 Å². The first-order chi connectivity index (χ1) is 7.18. The Labute approximate surface area is 102 Å². The van der Waals surface area contributed by atoms with Crippen molar-refractivity contribution in [1.29, 1.82) is 0 Å². The predicted molar refractivity (Wildman–Crippen MR) is 69.3 cm³/mol. The van der Waals surface area contributed by atoms with Gasteiger partial charge in [-0.25, -0.2) is 4.98 Å². The Hall–Kier alpha value is -0.670. The Bertz CT molecular complexity index is 462. The van der Waals surface area contributed by atoms with Crippen LogP contribution in [-0.2, 0) is 0 Å². The van der Waals surface area contributed by atoms with Crippen molar-refractivity contribution in [3.8, 4) is 10.6 Å². The summed E-state index contributed by atoms with van der Waals surface area (Å²) in [6, 6.07) is 8.19. The van der Waals surface area contributed by atoms with Gasteiger partial charge in [0, 0.05) is 21.1 Å². The van der Waals surface area contributed by atoms with Crippen LogP contribution in [-0.4, -0.2) is 4.98 Å². The molecule has 1 aromatic carbocycles. The van der Waals surface area contributed by atoms with Gasteiger partial charge in [0.15, 0.2) is 0 Å². The van der Waals surface area contributed by atoms with Crippen LogP contribution in [0.2, 0.25) is 0 Å². The largest absolute Gasteiger partial charge is 0.244 e. The van der Waals surface area contributed by atoms with Crippen LogP contribution >= 0.6 is 27.3 Å². The molecule has 0 fully saturated rings. The Morgan fingerprint density at radius 2 is 2.00 bits per heavy atom. The molecule has 0 aliphatic carbocycles. The fourth-order valence-electron chi connectivity index (χ4n) is 1.31. The van der Waals surface area contributed by atoms with Crippen molar-refractivity contribution >= 4 is 27.3 Å². The van der Waals surface area contributed by atoms with Gasteiger partial charge < -0.3 is 0 Å². The van der Waals surface area contributed by atoms with Crippen LogP contribution in [0.1, 0.15) is 24.6 Å². The van der Waals surface area contributed by atoms with E-state index in [2.05, 4.69) is 40.8 Å². The van der Waals surface area contributed by atoms with E-state index in [1.807, 2.05) is 24.4 Å². The third-order valence-electron chi connectivity index (χ3n) is 2.20. The molecule has 0 aliphatic heterocycles. The van der Waals surface area contributed by atoms with Gasteiger partial charge in [0.1, 0.15) is 5.01 Å². The van der Waals surface area contributed by atoms with Gasteiger partial charge in [0.2, 0.25) is 0 Å². The minimum absolute atomic E-state index is 0.554. The first-order valence-electron chi connectivity index (χ1n) is 4.89. The highest BCUT2D eigenvalue weighted by molar-refractivity contribution is 9.10. The molecule has 0 saturated carbocycles. The van der Waals surface area contributed by atoms with E-state index in [1.165, 1.54) is 10.4 Å². The maximum Gasteiger partial charge on any atom is 0.124 e. The van der Waals surface area contributed by atoms with Crippen LogP contribution in [0.4, 0.5) is 0 Å². The van der Waals surface area contributed by atoms with E-state index in [1.54, 1.807) is 11.3 Å². The lowest BCUT2D eigenvalue weighted by molar-refractivity contribution is 0.885. The number of halogens is 1. The van der Waals surface area contributed by atoms with Gasteiger partial charge in [0.05, 0.1) is 0 Å². The molecule has 0 aliphatic rings. The zero-order chi connectivity index (χ0) is 10.8. The van der Waals surface area contributed by atoms with Gasteiger partial charge in [-0.2, -0.15) is 0 Å². The van der Waals surface area contributed by atoms with Crippen molar-refractivity contribution in [2.24, 2.45) is 0 Å². The quantitative estimate of drug-likeness (QED) is 0.778. The second-order valence-electron chi connectivity index (χ2n) is 3.70. The lowest BCUT2D eigenvalue weighted by Gasteiger charge is -1.99. The maximum absolute atomic E-state index is 4.46. The third kappa shape index (κ3) is 2.29. The molecule has 3 heteroatoms. The standard InChI is InChI=1S/C12H12BrNS/c1-8(2)11-7-14-12(15-11)9-5-3-4-6-10(9)13/h3-8H,1-2H3. The molecule has 2 aromatic rings. The van der Waals surface area contributed by atoms with Crippen LogP contribution < -0.4 is 0 Å². The van der Waals surface area contributed by atoms with Crippen LogP contribution in [0.3, 0.4) is 0 Å². The summed E-state index contributed by atoms with van der Waals surface area (Å²) in [4.78, 5) is 5.79. The number of aromatic nitrogens is 1. The summed E-state index contributed by atoms with van der Waals surface area (Å²) >= 11 is 5.31. The minimum Gasteiger partial charge on any atom is -0.244 e. The van der Waals surface area contributed by atoms with Crippen molar-refractivity contribution in [3.05, 3.63) is 39.8 Å². The van der Waals surface area contributed by atoms with Crippen molar-refractivity contribution in [2.75, 3.05) is 0 Å². The Morgan fingerprint density at radius 3 is 2.60 bits per heavy atom. The summed E-state index contributed by atoms with van der Waals surface area (Å²) in [5, 5.41) is 1.09. The molecule has 0 amide bonds. The van der Waals surface area contributed by atoms with E-state index < -0.39 is 0 Å². The molecule has 15 heavy (non-hydrogen) atoms. The SMILES string of the molecule is CC(C)c1cnc(-c2ccccc2Br)s1. The Balaban J connectivity index is 2.42. The van der Waals surface area contributed by atoms with Crippen LogP contribution in [0, 0.1) is 0 Å². The normalized spacial score (nSPS) is 10.9. The molecule has 0 atom stereocenters. The van der Waals surface area contributed by atoms with Crippen molar-refractivity contribution in [1.82, 2.24) is 4.98 Å². The highest BCUT2D eigenvalue weighted by Crippen LogP contribution is 2.33. The average molecular weight is 282 g/mol. The molecule has 0 spiro atoms. The van der Waals surface area contributed by atoms with Crippen LogP contribution in [0.15, 0.2) is 34.9 Å². The molecule has 0 saturated heterocycles. The highest BCUT2D eigenvalue weighted by atomic mass is 79.9. The number of hydrogen-bond acceptors (Lipinski definition) is 2. The molecule has 1 nitrogen and oxygen atoms in total. The Kier molecular flexibility index (Phi) is 3.22. The molecular weight excluding hydrogens is 270 g/mol. The van der Waals surface area contributed by atoms with E-state index in [0.717, 1.165) is 9.48 Å². The second kappa shape index (κ2) is 4.45. The summed E-state index contributed by atoms with van der Waals surface area (Å²) in [7, 11) is 0. The maximum atomic E-state index is 4.46. The van der Waals surface area contributed by atoms with E-state index >= 15 is 0 Å². The number of nitrogens with zero attached hydrogens (tertiary/aromatic N) is 1. The molecule has 78 valence electrons. The van der Waals surface area contributed by atoms with E-state index in [9.17, 15) is 0 Å². The Morgan fingerprint density at radius 1 is 1.27 bits per heavy atom. The molecule has 1 heterocycles. The van der Waals surface area contributed by atoms with Crippen molar-refractivity contribution < 1.29 is 0 Å². The fraction of sp³-hybridized carbons (Fsp3) is 0.250. The molecule has 0 unspecified atom stereocenters. The van der Waals surface area contributed by atoms with Gasteiger partial charge in [-0.05, 0) is 12.0 Å². The molecule has 0 radical (unpaired) electrons. The number of thiazole rings is 1. The molecule has 2 rings (SSSR count). The zero-order valence-corrected chi connectivity index (χ0v) is 11.1. The number of benzene rings is 1. The van der Waals surface area contributed by atoms with Gasteiger partial charge in [-0.3, -0.25) is 0 Å². The van der Waals surface area contributed by atoms with Crippen LogP contribution in [0.25, 0.3) is 10.6 Å². The zero-order valence-electron chi connectivity index (χ0n) is 8.70. The van der Waals surface area contributed by atoms with Gasteiger partial charge >= 0.3 is 0 Å². The molecule has 0 N–H and O–H groups in total. The molecular formula is C12H12BrNS. The predicted octanol–water partition coefficient (Wildman–Crippen LogP) is 4.70. The van der Waals surface area contributed by atoms with Gasteiger partial charge in [0.25, 0.3) is 0 Å². The van der Waals surface area contributed by atoms with Crippen molar-refractivity contribution in [2.45, 2.75) is 19.8 Å². The lowest BCUT2D eigenvalue weighted by Crippen LogP contribution is -1.77. The summed E-state index contributed by atoms with van der Waals surface area (Å²) in [5.41, 5.74) is 1.18. The minimum atomic E-state index is 0.554. The summed E-state index contributed by atoms with van der Waals surface area (Å²) in [5.74, 6) is 0.554. The first kappa shape index (κ1) is 10.8. The summed E-state index contributed by atoms with van der Waals surface area (Å²) in [6.07, 6.45) is 1.98. The monoisotopic (exact) mass is 281 g/mol. The van der Waals surface area contributed by atoms with Crippen LogP contribution in [0.5, 0.6) is 0 Å². The third-order valence-corrected chi connectivity index (χ3v) is 4.22. The first-order valence-corrected chi connectivity index (χ1v) is 6.50. The van der Waals surface area contributed by atoms with Gasteiger partial charge in [-0.1, -0.05) is 48.0 Å². The van der Waals surface area contributed by atoms with Gasteiger partial charge in [-0.15, -0.1) is 11.3 Å². The van der Waals surface area contributed by atoms with Crippen molar-refractivity contribution in [3.63, 3.8) is 0 Å². The molecule has 1 aromatic heterocycles. The highest BCUT2D eigenvalue weighted by Gasteiger charge is 2.09.